The first-order valence-corrected chi connectivity index (χ1v) is 4.92. The van der Waals surface area contributed by atoms with Crippen LogP contribution in [0.4, 0.5) is 0 Å². The first-order valence-electron chi connectivity index (χ1n) is 4.92. The third kappa shape index (κ3) is 1.91. The molecule has 1 heterocycles. The van der Waals surface area contributed by atoms with Crippen molar-refractivity contribution in [2.45, 2.75) is 45.7 Å². The van der Waals surface area contributed by atoms with Crippen LogP contribution in [-0.2, 0) is 6.54 Å². The van der Waals surface area contributed by atoms with Crippen molar-refractivity contribution in [2.24, 2.45) is 0 Å². The molecule has 0 spiro atoms. The van der Waals surface area contributed by atoms with E-state index >= 15 is 0 Å². The van der Waals surface area contributed by atoms with E-state index in [1.54, 1.807) is 0 Å². The van der Waals surface area contributed by atoms with E-state index in [0.717, 1.165) is 23.9 Å². The number of oxazole rings is 1. The van der Waals surface area contributed by atoms with E-state index in [9.17, 15) is 0 Å². The van der Waals surface area contributed by atoms with Gasteiger partial charge in [-0.3, -0.25) is 0 Å². The second kappa shape index (κ2) is 3.50. The number of nitrogens with one attached hydrogen (secondary N) is 1. The highest BCUT2D eigenvalue weighted by Crippen LogP contribution is 2.19. The van der Waals surface area contributed by atoms with Crippen molar-refractivity contribution in [3.05, 3.63) is 17.3 Å². The van der Waals surface area contributed by atoms with E-state index in [1.807, 2.05) is 13.8 Å². The SMILES string of the molecule is Cc1nc(C)c(CNC2CCC2)o1. The lowest BCUT2D eigenvalue weighted by Crippen LogP contribution is -2.34. The Morgan fingerprint density at radius 3 is 2.69 bits per heavy atom. The molecule has 1 aromatic heterocycles. The van der Waals surface area contributed by atoms with Gasteiger partial charge in [-0.2, -0.15) is 0 Å². The van der Waals surface area contributed by atoms with Gasteiger partial charge in [0.05, 0.1) is 12.2 Å². The van der Waals surface area contributed by atoms with E-state index in [1.165, 1.54) is 19.3 Å². The summed E-state index contributed by atoms with van der Waals surface area (Å²) in [6.07, 6.45) is 3.99. The molecule has 0 aliphatic heterocycles. The first-order chi connectivity index (χ1) is 6.25. The van der Waals surface area contributed by atoms with Gasteiger partial charge in [0.25, 0.3) is 0 Å². The lowest BCUT2D eigenvalue weighted by molar-refractivity contribution is 0.323. The van der Waals surface area contributed by atoms with Crippen LogP contribution in [0.5, 0.6) is 0 Å². The van der Waals surface area contributed by atoms with E-state index < -0.39 is 0 Å². The first kappa shape index (κ1) is 8.75. The molecule has 0 radical (unpaired) electrons. The van der Waals surface area contributed by atoms with Crippen molar-refractivity contribution >= 4 is 0 Å². The van der Waals surface area contributed by atoms with Crippen molar-refractivity contribution in [3.63, 3.8) is 0 Å². The summed E-state index contributed by atoms with van der Waals surface area (Å²) in [6, 6.07) is 0.713. The molecule has 1 aliphatic rings. The molecule has 0 atom stereocenters. The highest BCUT2D eigenvalue weighted by Gasteiger charge is 2.17. The molecule has 0 saturated heterocycles. The molecule has 0 aromatic carbocycles. The minimum atomic E-state index is 0.713. The molecule has 0 unspecified atom stereocenters. The summed E-state index contributed by atoms with van der Waals surface area (Å²) < 4.78 is 5.46. The van der Waals surface area contributed by atoms with Crippen LogP contribution < -0.4 is 5.32 Å². The number of aromatic nitrogens is 1. The number of rotatable bonds is 3. The summed E-state index contributed by atoms with van der Waals surface area (Å²) in [7, 11) is 0. The van der Waals surface area contributed by atoms with Crippen LogP contribution in [-0.4, -0.2) is 11.0 Å². The average molecular weight is 180 g/mol. The van der Waals surface area contributed by atoms with Gasteiger partial charge >= 0.3 is 0 Å². The maximum atomic E-state index is 5.46. The molecule has 0 amide bonds. The molecule has 1 fully saturated rings. The Bertz CT molecular complexity index is 289. The molecular weight excluding hydrogens is 164 g/mol. The van der Waals surface area contributed by atoms with Gasteiger partial charge in [0, 0.05) is 13.0 Å². The van der Waals surface area contributed by atoms with Crippen LogP contribution in [0.1, 0.15) is 36.6 Å². The summed E-state index contributed by atoms with van der Waals surface area (Å²) >= 11 is 0. The van der Waals surface area contributed by atoms with Crippen molar-refractivity contribution in [3.8, 4) is 0 Å². The lowest BCUT2D eigenvalue weighted by atomic mass is 9.93. The van der Waals surface area contributed by atoms with Gasteiger partial charge in [-0.05, 0) is 19.8 Å². The van der Waals surface area contributed by atoms with Crippen molar-refractivity contribution in [1.29, 1.82) is 0 Å². The van der Waals surface area contributed by atoms with Gasteiger partial charge in [-0.25, -0.2) is 4.98 Å². The molecule has 1 aliphatic carbocycles. The Labute approximate surface area is 78.5 Å². The zero-order valence-corrected chi connectivity index (χ0v) is 8.26. The fourth-order valence-electron chi connectivity index (χ4n) is 1.59. The Morgan fingerprint density at radius 2 is 2.23 bits per heavy atom. The summed E-state index contributed by atoms with van der Waals surface area (Å²) in [4.78, 5) is 4.23. The zero-order chi connectivity index (χ0) is 9.26. The van der Waals surface area contributed by atoms with Crippen LogP contribution in [0.25, 0.3) is 0 Å². The number of hydrogen-bond donors (Lipinski definition) is 1. The molecule has 1 saturated carbocycles. The monoisotopic (exact) mass is 180 g/mol. The Morgan fingerprint density at radius 1 is 1.46 bits per heavy atom. The minimum absolute atomic E-state index is 0.713. The fraction of sp³-hybridized carbons (Fsp3) is 0.700. The van der Waals surface area contributed by atoms with E-state index in [2.05, 4.69) is 10.3 Å². The van der Waals surface area contributed by atoms with Crippen molar-refractivity contribution < 1.29 is 4.42 Å². The van der Waals surface area contributed by atoms with Gasteiger partial charge in [0.15, 0.2) is 5.89 Å². The standard InChI is InChI=1S/C10H16N2O/c1-7-10(13-8(2)12-7)6-11-9-4-3-5-9/h9,11H,3-6H2,1-2H3. The van der Waals surface area contributed by atoms with Gasteiger partial charge in [0.1, 0.15) is 5.76 Å². The van der Waals surface area contributed by atoms with Crippen LogP contribution in [0.2, 0.25) is 0 Å². The third-order valence-electron chi connectivity index (χ3n) is 2.66. The highest BCUT2D eigenvalue weighted by molar-refractivity contribution is 5.07. The Hall–Kier alpha value is -0.830. The fourth-order valence-corrected chi connectivity index (χ4v) is 1.59. The predicted molar refractivity (Wildman–Crippen MR) is 50.5 cm³/mol. The Kier molecular flexibility index (Phi) is 2.36. The average Bonchev–Trinajstić information content (AvgIpc) is 2.27. The van der Waals surface area contributed by atoms with Gasteiger partial charge in [0.2, 0.25) is 0 Å². The molecule has 72 valence electrons. The van der Waals surface area contributed by atoms with Gasteiger partial charge in [-0.1, -0.05) is 6.42 Å². The number of nitrogens with zero attached hydrogens (tertiary/aromatic N) is 1. The topological polar surface area (TPSA) is 38.1 Å². The summed E-state index contributed by atoms with van der Waals surface area (Å²) in [5, 5.41) is 3.46. The molecule has 13 heavy (non-hydrogen) atoms. The minimum Gasteiger partial charge on any atom is -0.444 e. The quantitative estimate of drug-likeness (QED) is 0.772. The normalized spacial score (nSPS) is 17.4. The lowest BCUT2D eigenvalue weighted by Gasteiger charge is -2.26. The maximum absolute atomic E-state index is 5.46. The molecule has 1 aromatic rings. The second-order valence-corrected chi connectivity index (χ2v) is 3.75. The van der Waals surface area contributed by atoms with Gasteiger partial charge in [-0.15, -0.1) is 0 Å². The van der Waals surface area contributed by atoms with Crippen molar-refractivity contribution in [1.82, 2.24) is 10.3 Å². The molecule has 3 nitrogen and oxygen atoms in total. The maximum Gasteiger partial charge on any atom is 0.191 e. The van der Waals surface area contributed by atoms with E-state index in [-0.39, 0.29) is 0 Å². The van der Waals surface area contributed by atoms with Gasteiger partial charge < -0.3 is 9.73 Å². The van der Waals surface area contributed by atoms with E-state index in [4.69, 9.17) is 4.42 Å². The largest absolute Gasteiger partial charge is 0.444 e. The smallest absolute Gasteiger partial charge is 0.191 e. The molecule has 3 heteroatoms. The van der Waals surface area contributed by atoms with Crippen LogP contribution in [0.15, 0.2) is 4.42 Å². The number of hydrogen-bond acceptors (Lipinski definition) is 3. The van der Waals surface area contributed by atoms with Crippen LogP contribution in [0, 0.1) is 13.8 Å². The molecule has 1 N–H and O–H groups in total. The highest BCUT2D eigenvalue weighted by atomic mass is 16.4. The van der Waals surface area contributed by atoms with Crippen molar-refractivity contribution in [2.75, 3.05) is 0 Å². The van der Waals surface area contributed by atoms with Crippen LogP contribution >= 0.6 is 0 Å². The summed E-state index contributed by atoms with van der Waals surface area (Å²) in [5.41, 5.74) is 1.02. The molecule has 2 rings (SSSR count). The molecular formula is C10H16N2O. The summed E-state index contributed by atoms with van der Waals surface area (Å²) in [6.45, 7) is 4.71. The third-order valence-corrected chi connectivity index (χ3v) is 2.66. The van der Waals surface area contributed by atoms with E-state index in [0.29, 0.717) is 6.04 Å². The molecule has 0 bridgehead atoms. The summed E-state index contributed by atoms with van der Waals surface area (Å²) in [5.74, 6) is 1.76. The van der Waals surface area contributed by atoms with Crippen LogP contribution in [0.3, 0.4) is 0 Å². The number of aryl methyl sites for hydroxylation is 2. The second-order valence-electron chi connectivity index (χ2n) is 3.75. The predicted octanol–water partition coefficient (Wildman–Crippen LogP) is 1.93. The zero-order valence-electron chi connectivity index (χ0n) is 8.26. The Balaban J connectivity index is 1.89.